The number of aromatic hydroxyl groups is 1. The average molecular weight is 289 g/mol. The van der Waals surface area contributed by atoms with E-state index in [0.717, 1.165) is 0 Å². The number of para-hydroxylation sites is 1. The van der Waals surface area contributed by atoms with E-state index in [0.29, 0.717) is 16.5 Å². The molecule has 0 aliphatic carbocycles. The predicted octanol–water partition coefficient (Wildman–Crippen LogP) is 2.69. The Bertz CT molecular complexity index is 981. The van der Waals surface area contributed by atoms with Gasteiger partial charge in [-0.25, -0.2) is 4.98 Å². The molecule has 0 fully saturated rings. The van der Waals surface area contributed by atoms with Gasteiger partial charge >= 0.3 is 0 Å². The SMILES string of the molecule is N#C/C(=C/c1cccc(O)c1)c1nc2ccccc2c(=O)[nH]1. The highest BCUT2D eigenvalue weighted by molar-refractivity contribution is 5.89. The quantitative estimate of drug-likeness (QED) is 0.710. The van der Waals surface area contributed by atoms with E-state index >= 15 is 0 Å². The molecule has 0 atom stereocenters. The summed E-state index contributed by atoms with van der Waals surface area (Å²) >= 11 is 0. The van der Waals surface area contributed by atoms with Gasteiger partial charge in [0.15, 0.2) is 5.82 Å². The molecule has 0 bridgehead atoms. The Kier molecular flexibility index (Phi) is 3.42. The van der Waals surface area contributed by atoms with E-state index in [1.165, 1.54) is 6.07 Å². The lowest BCUT2D eigenvalue weighted by Gasteiger charge is -2.02. The van der Waals surface area contributed by atoms with Gasteiger partial charge in [0.05, 0.1) is 16.5 Å². The van der Waals surface area contributed by atoms with E-state index in [2.05, 4.69) is 9.97 Å². The van der Waals surface area contributed by atoms with Gasteiger partial charge in [-0.1, -0.05) is 24.3 Å². The highest BCUT2D eigenvalue weighted by Crippen LogP contribution is 2.18. The Morgan fingerprint density at radius 2 is 2.05 bits per heavy atom. The number of H-pyrrole nitrogens is 1. The lowest BCUT2D eigenvalue weighted by Crippen LogP contribution is -2.11. The highest BCUT2D eigenvalue weighted by Gasteiger charge is 2.08. The molecule has 22 heavy (non-hydrogen) atoms. The molecule has 0 aliphatic heterocycles. The van der Waals surface area contributed by atoms with Crippen molar-refractivity contribution in [1.82, 2.24) is 9.97 Å². The monoisotopic (exact) mass is 289 g/mol. The first-order valence-electron chi connectivity index (χ1n) is 6.57. The van der Waals surface area contributed by atoms with Crippen molar-refractivity contribution < 1.29 is 5.11 Å². The van der Waals surface area contributed by atoms with Crippen molar-refractivity contribution in [2.24, 2.45) is 0 Å². The van der Waals surface area contributed by atoms with Gasteiger partial charge in [-0.3, -0.25) is 4.79 Å². The summed E-state index contributed by atoms with van der Waals surface area (Å²) in [5, 5.41) is 19.3. The number of nitrogens with one attached hydrogen (secondary N) is 1. The van der Waals surface area contributed by atoms with Gasteiger partial charge in [0.25, 0.3) is 5.56 Å². The van der Waals surface area contributed by atoms with Gasteiger partial charge < -0.3 is 10.1 Å². The molecule has 0 spiro atoms. The molecule has 0 amide bonds. The van der Waals surface area contributed by atoms with E-state index < -0.39 is 0 Å². The fourth-order valence-electron chi connectivity index (χ4n) is 2.15. The lowest BCUT2D eigenvalue weighted by atomic mass is 10.1. The second-order valence-electron chi connectivity index (χ2n) is 4.70. The third-order valence-corrected chi connectivity index (χ3v) is 3.17. The Hall–Kier alpha value is -3.39. The zero-order chi connectivity index (χ0) is 15.5. The molecule has 1 heterocycles. The molecule has 2 aromatic carbocycles. The maximum absolute atomic E-state index is 12.1. The van der Waals surface area contributed by atoms with Gasteiger partial charge in [-0.2, -0.15) is 5.26 Å². The average Bonchev–Trinajstić information content (AvgIpc) is 2.52. The van der Waals surface area contributed by atoms with Gasteiger partial charge in [0.2, 0.25) is 0 Å². The minimum atomic E-state index is -0.294. The Morgan fingerprint density at radius 1 is 1.23 bits per heavy atom. The summed E-state index contributed by atoms with van der Waals surface area (Å²) in [5.74, 6) is 0.306. The number of allylic oxidation sites excluding steroid dienone is 1. The summed E-state index contributed by atoms with van der Waals surface area (Å²) in [6.07, 6.45) is 1.56. The van der Waals surface area contributed by atoms with Crippen molar-refractivity contribution in [3.8, 4) is 11.8 Å². The van der Waals surface area contributed by atoms with Gasteiger partial charge in [-0.15, -0.1) is 0 Å². The number of hydrogen-bond donors (Lipinski definition) is 2. The predicted molar refractivity (Wildman–Crippen MR) is 84.0 cm³/mol. The molecule has 106 valence electrons. The molecule has 1 aromatic heterocycles. The number of nitrogens with zero attached hydrogens (tertiary/aromatic N) is 2. The number of phenolic OH excluding ortho intramolecular Hbond substituents is 1. The zero-order valence-corrected chi connectivity index (χ0v) is 11.4. The Labute approximate surface area is 125 Å². The van der Waals surface area contributed by atoms with Crippen LogP contribution < -0.4 is 5.56 Å². The van der Waals surface area contributed by atoms with Crippen LogP contribution in [0.4, 0.5) is 0 Å². The number of phenols is 1. The Balaban J connectivity index is 2.16. The lowest BCUT2D eigenvalue weighted by molar-refractivity contribution is 0.475. The summed E-state index contributed by atoms with van der Waals surface area (Å²) in [4.78, 5) is 19.0. The van der Waals surface area contributed by atoms with Crippen LogP contribution in [0.15, 0.2) is 53.3 Å². The molecule has 5 nitrogen and oxygen atoms in total. The molecular weight excluding hydrogens is 278 g/mol. The van der Waals surface area contributed by atoms with Crippen LogP contribution in [-0.2, 0) is 0 Å². The highest BCUT2D eigenvalue weighted by atomic mass is 16.3. The largest absolute Gasteiger partial charge is 0.508 e. The zero-order valence-electron chi connectivity index (χ0n) is 11.4. The van der Waals surface area contributed by atoms with E-state index in [1.54, 1.807) is 48.5 Å². The normalized spacial score (nSPS) is 11.3. The third kappa shape index (κ3) is 2.58. The first-order valence-corrected chi connectivity index (χ1v) is 6.57. The van der Waals surface area contributed by atoms with Crippen LogP contribution in [-0.4, -0.2) is 15.1 Å². The van der Waals surface area contributed by atoms with Crippen LogP contribution in [0.5, 0.6) is 5.75 Å². The molecule has 2 N–H and O–H groups in total. The van der Waals surface area contributed by atoms with Gasteiger partial charge in [0, 0.05) is 0 Å². The number of benzene rings is 2. The minimum absolute atomic E-state index is 0.103. The number of aromatic amines is 1. The molecule has 0 saturated carbocycles. The van der Waals surface area contributed by atoms with Crippen LogP contribution in [0.3, 0.4) is 0 Å². The minimum Gasteiger partial charge on any atom is -0.508 e. The smallest absolute Gasteiger partial charge is 0.259 e. The van der Waals surface area contributed by atoms with Crippen LogP contribution >= 0.6 is 0 Å². The van der Waals surface area contributed by atoms with Crippen molar-refractivity contribution in [2.75, 3.05) is 0 Å². The van der Waals surface area contributed by atoms with E-state index in [9.17, 15) is 15.2 Å². The fourth-order valence-corrected chi connectivity index (χ4v) is 2.15. The molecule has 3 aromatic rings. The van der Waals surface area contributed by atoms with Crippen LogP contribution in [0, 0.1) is 11.3 Å². The first-order chi connectivity index (χ1) is 10.7. The molecule has 5 heteroatoms. The summed E-state index contributed by atoms with van der Waals surface area (Å²) in [6, 6.07) is 15.4. The van der Waals surface area contributed by atoms with E-state index in [4.69, 9.17) is 0 Å². The summed E-state index contributed by atoms with van der Waals surface area (Å²) < 4.78 is 0. The number of hydrogen-bond acceptors (Lipinski definition) is 4. The maximum Gasteiger partial charge on any atom is 0.259 e. The first kappa shape index (κ1) is 13.6. The number of rotatable bonds is 2. The second kappa shape index (κ2) is 5.54. The van der Waals surface area contributed by atoms with Crippen molar-refractivity contribution in [3.63, 3.8) is 0 Å². The molecule has 0 radical (unpaired) electrons. The summed E-state index contributed by atoms with van der Waals surface area (Å²) in [6.45, 7) is 0. The van der Waals surface area contributed by atoms with Gasteiger partial charge in [0.1, 0.15) is 11.8 Å². The van der Waals surface area contributed by atoms with E-state index in [1.807, 2.05) is 6.07 Å². The third-order valence-electron chi connectivity index (χ3n) is 3.17. The summed E-state index contributed by atoms with van der Waals surface area (Å²) in [7, 11) is 0. The molecule has 0 unspecified atom stereocenters. The molecular formula is C17H11N3O2. The summed E-state index contributed by atoms with van der Waals surface area (Å²) in [5.41, 5.74) is 1.09. The van der Waals surface area contributed by atoms with Crippen molar-refractivity contribution in [3.05, 3.63) is 70.3 Å². The maximum atomic E-state index is 12.1. The number of fused-ring (bicyclic) bond motifs is 1. The second-order valence-corrected chi connectivity index (χ2v) is 4.70. The van der Waals surface area contributed by atoms with E-state index in [-0.39, 0.29) is 22.7 Å². The molecule has 0 saturated heterocycles. The van der Waals surface area contributed by atoms with Crippen molar-refractivity contribution in [2.45, 2.75) is 0 Å². The van der Waals surface area contributed by atoms with Crippen LogP contribution in [0.1, 0.15) is 11.4 Å². The fraction of sp³-hybridized carbons (Fsp3) is 0. The van der Waals surface area contributed by atoms with Crippen molar-refractivity contribution >= 4 is 22.6 Å². The Morgan fingerprint density at radius 3 is 2.82 bits per heavy atom. The topological polar surface area (TPSA) is 89.8 Å². The standard InChI is InChI=1S/C17H11N3O2/c18-10-12(8-11-4-3-5-13(21)9-11)16-19-15-7-2-1-6-14(15)17(22)20-16/h1-9,21H,(H,19,20,22)/b12-8-. The molecule has 3 rings (SSSR count). The number of nitriles is 1. The van der Waals surface area contributed by atoms with Crippen LogP contribution in [0.2, 0.25) is 0 Å². The van der Waals surface area contributed by atoms with Crippen LogP contribution in [0.25, 0.3) is 22.6 Å². The van der Waals surface area contributed by atoms with Gasteiger partial charge in [-0.05, 0) is 35.9 Å². The van der Waals surface area contributed by atoms with Crippen molar-refractivity contribution in [1.29, 1.82) is 5.26 Å². The number of aromatic nitrogens is 2. The molecule has 0 aliphatic rings.